The largest absolute Gasteiger partial charge is 0.347 e. The third kappa shape index (κ3) is 5.73. The van der Waals surface area contributed by atoms with Crippen molar-refractivity contribution in [2.24, 2.45) is 0 Å². The summed E-state index contributed by atoms with van der Waals surface area (Å²) in [5.41, 5.74) is 3.35. The number of nitrogens with one attached hydrogen (secondary N) is 1. The first-order chi connectivity index (χ1) is 13.6. The van der Waals surface area contributed by atoms with E-state index in [2.05, 4.69) is 5.32 Å². The van der Waals surface area contributed by atoms with E-state index in [1.54, 1.807) is 25.1 Å². The van der Waals surface area contributed by atoms with Gasteiger partial charge in [0.05, 0.1) is 18.0 Å². The number of benzene rings is 2. The number of halogens is 1. The Kier molecular flexibility index (Phi) is 7.72. The second-order valence-electron chi connectivity index (χ2n) is 7.30. The molecule has 158 valence electrons. The Balaban J connectivity index is 2.36. The van der Waals surface area contributed by atoms with Gasteiger partial charge in [-0.15, -0.1) is 0 Å². The molecule has 0 aliphatic rings. The van der Waals surface area contributed by atoms with Gasteiger partial charge in [0.25, 0.3) is 0 Å². The monoisotopic (exact) mass is 436 g/mol. The van der Waals surface area contributed by atoms with Gasteiger partial charge >= 0.3 is 0 Å². The first-order valence-corrected chi connectivity index (χ1v) is 11.9. The van der Waals surface area contributed by atoms with Crippen LogP contribution in [0.15, 0.2) is 42.5 Å². The lowest BCUT2D eigenvalue weighted by molar-refractivity contribution is -0.123. The van der Waals surface area contributed by atoms with Crippen molar-refractivity contribution < 1.29 is 13.2 Å². The number of hydrogen-bond acceptors (Lipinski definition) is 3. The highest BCUT2D eigenvalue weighted by Crippen LogP contribution is 2.28. The van der Waals surface area contributed by atoms with Crippen LogP contribution in [0.3, 0.4) is 0 Å². The van der Waals surface area contributed by atoms with Crippen molar-refractivity contribution in [1.29, 1.82) is 0 Å². The van der Waals surface area contributed by atoms with Crippen LogP contribution in [0, 0.1) is 13.8 Å². The minimum Gasteiger partial charge on any atom is -0.347 e. The summed E-state index contributed by atoms with van der Waals surface area (Å²) in [7, 11) is -3.70. The van der Waals surface area contributed by atoms with Gasteiger partial charge in [-0.25, -0.2) is 8.42 Å². The van der Waals surface area contributed by atoms with E-state index in [9.17, 15) is 13.2 Å². The zero-order chi connectivity index (χ0) is 21.8. The third-order valence-electron chi connectivity index (χ3n) is 4.94. The maximum absolute atomic E-state index is 13.1. The number of hydrogen-bond donors (Lipinski definition) is 1. The topological polar surface area (TPSA) is 66.5 Å². The van der Waals surface area contributed by atoms with E-state index in [1.807, 2.05) is 45.0 Å². The maximum Gasteiger partial charge on any atom is 0.244 e. The number of aryl methyl sites for hydroxylation is 2. The van der Waals surface area contributed by atoms with Crippen molar-refractivity contribution >= 4 is 33.2 Å². The van der Waals surface area contributed by atoms with Gasteiger partial charge in [-0.05, 0) is 49.9 Å². The third-order valence-corrected chi connectivity index (χ3v) is 6.53. The average molecular weight is 437 g/mol. The molecule has 7 heteroatoms. The number of anilines is 1. The van der Waals surface area contributed by atoms with E-state index in [0.717, 1.165) is 27.3 Å². The van der Waals surface area contributed by atoms with Crippen LogP contribution in [0.2, 0.25) is 5.02 Å². The quantitative estimate of drug-likeness (QED) is 0.648. The van der Waals surface area contributed by atoms with Crippen LogP contribution < -0.4 is 9.62 Å². The van der Waals surface area contributed by atoms with Gasteiger partial charge < -0.3 is 5.32 Å². The molecular formula is C22H29ClN2O3S. The highest BCUT2D eigenvalue weighted by Gasteiger charge is 2.32. The van der Waals surface area contributed by atoms with Crippen LogP contribution in [0.5, 0.6) is 0 Å². The van der Waals surface area contributed by atoms with Gasteiger partial charge in [0.1, 0.15) is 6.04 Å². The van der Waals surface area contributed by atoms with Crippen LogP contribution in [0.25, 0.3) is 0 Å². The zero-order valence-electron chi connectivity index (χ0n) is 17.6. The lowest BCUT2D eigenvalue weighted by atomic mass is 10.0. The number of carbonyl (C=O) groups excluding carboxylic acids is 1. The molecule has 0 bridgehead atoms. The molecule has 1 N–H and O–H groups in total. The second kappa shape index (κ2) is 9.63. The van der Waals surface area contributed by atoms with E-state index in [0.29, 0.717) is 23.6 Å². The molecule has 0 unspecified atom stereocenters. The number of nitrogens with zero attached hydrogens (tertiary/aromatic N) is 1. The Morgan fingerprint density at radius 2 is 1.69 bits per heavy atom. The molecule has 0 fully saturated rings. The van der Waals surface area contributed by atoms with Gasteiger partial charge in [0.2, 0.25) is 15.9 Å². The normalized spacial score (nSPS) is 13.6. The summed E-state index contributed by atoms with van der Waals surface area (Å²) in [4.78, 5) is 13.1. The SMILES string of the molecule is CC[C@H](C(=O)N[C@H](CC)c1ccc(C)cc1)N(c1ccc(C)c(Cl)c1)S(C)(=O)=O. The Hall–Kier alpha value is -2.05. The van der Waals surface area contributed by atoms with Gasteiger partial charge in [-0.2, -0.15) is 0 Å². The number of rotatable bonds is 8. The van der Waals surface area contributed by atoms with Crippen LogP contribution in [-0.4, -0.2) is 26.6 Å². The average Bonchev–Trinajstić information content (AvgIpc) is 2.66. The van der Waals surface area contributed by atoms with Crippen molar-refractivity contribution in [3.8, 4) is 0 Å². The highest BCUT2D eigenvalue weighted by atomic mass is 35.5. The molecule has 2 aromatic rings. The molecule has 2 atom stereocenters. The molecule has 1 amide bonds. The summed E-state index contributed by atoms with van der Waals surface area (Å²) in [6.45, 7) is 7.63. The molecule has 0 spiro atoms. The second-order valence-corrected chi connectivity index (χ2v) is 9.56. The summed E-state index contributed by atoms with van der Waals surface area (Å²) in [5.74, 6) is -0.331. The molecule has 0 saturated heterocycles. The zero-order valence-corrected chi connectivity index (χ0v) is 19.1. The summed E-state index contributed by atoms with van der Waals surface area (Å²) >= 11 is 6.21. The molecule has 0 saturated carbocycles. The van der Waals surface area contributed by atoms with E-state index in [-0.39, 0.29) is 11.9 Å². The molecule has 2 aromatic carbocycles. The van der Waals surface area contributed by atoms with Crippen LogP contribution in [-0.2, 0) is 14.8 Å². The number of amides is 1. The summed E-state index contributed by atoms with van der Waals surface area (Å²) in [5, 5.41) is 3.48. The van der Waals surface area contributed by atoms with Crippen LogP contribution >= 0.6 is 11.6 Å². The molecular weight excluding hydrogens is 408 g/mol. The molecule has 0 heterocycles. The molecule has 29 heavy (non-hydrogen) atoms. The van der Waals surface area contributed by atoms with E-state index < -0.39 is 16.1 Å². The molecule has 0 aliphatic heterocycles. The Morgan fingerprint density at radius 1 is 1.07 bits per heavy atom. The van der Waals surface area contributed by atoms with E-state index in [1.165, 1.54) is 0 Å². The van der Waals surface area contributed by atoms with Gasteiger partial charge in [0, 0.05) is 5.02 Å². The van der Waals surface area contributed by atoms with Crippen molar-refractivity contribution in [3.05, 3.63) is 64.2 Å². The van der Waals surface area contributed by atoms with Crippen LogP contribution in [0.4, 0.5) is 5.69 Å². The summed E-state index contributed by atoms with van der Waals surface area (Å²) in [6.07, 6.45) is 2.13. The molecule has 0 aliphatic carbocycles. The summed E-state index contributed by atoms with van der Waals surface area (Å²) < 4.78 is 26.4. The first kappa shape index (κ1) is 23.2. The van der Waals surface area contributed by atoms with Gasteiger partial charge in [-0.1, -0.05) is 61.3 Å². The van der Waals surface area contributed by atoms with Crippen molar-refractivity contribution in [1.82, 2.24) is 5.32 Å². The Labute approximate surface area is 179 Å². The first-order valence-electron chi connectivity index (χ1n) is 9.71. The number of sulfonamides is 1. The fourth-order valence-electron chi connectivity index (χ4n) is 3.27. The standard InChI is InChI=1S/C22H29ClN2O3S/c1-6-20(17-11-8-15(3)9-12-17)24-22(26)21(7-2)25(29(5,27)28)18-13-10-16(4)19(23)14-18/h8-14,20-21H,6-7H2,1-5H3,(H,24,26)/t20-,21-/m1/s1. The molecule has 0 radical (unpaired) electrons. The lowest BCUT2D eigenvalue weighted by Gasteiger charge is -2.31. The molecule has 5 nitrogen and oxygen atoms in total. The predicted molar refractivity (Wildman–Crippen MR) is 120 cm³/mol. The van der Waals surface area contributed by atoms with Crippen molar-refractivity contribution in [2.45, 2.75) is 52.6 Å². The highest BCUT2D eigenvalue weighted by molar-refractivity contribution is 7.92. The predicted octanol–water partition coefficient (Wildman–Crippen LogP) is 4.77. The summed E-state index contributed by atoms with van der Waals surface area (Å²) in [6, 6.07) is 11.9. The van der Waals surface area contributed by atoms with E-state index >= 15 is 0 Å². The smallest absolute Gasteiger partial charge is 0.244 e. The lowest BCUT2D eigenvalue weighted by Crippen LogP contribution is -2.50. The fourth-order valence-corrected chi connectivity index (χ4v) is 4.65. The Bertz CT molecular complexity index is 959. The Morgan fingerprint density at radius 3 is 2.17 bits per heavy atom. The minimum absolute atomic E-state index is 0.194. The molecule has 2 rings (SSSR count). The van der Waals surface area contributed by atoms with Gasteiger partial charge in [-0.3, -0.25) is 9.10 Å². The van der Waals surface area contributed by atoms with Crippen LogP contribution in [0.1, 0.15) is 49.4 Å². The van der Waals surface area contributed by atoms with Crippen molar-refractivity contribution in [2.75, 3.05) is 10.6 Å². The molecule has 0 aromatic heterocycles. The minimum atomic E-state index is -3.70. The maximum atomic E-state index is 13.1. The number of carbonyl (C=O) groups is 1. The van der Waals surface area contributed by atoms with E-state index in [4.69, 9.17) is 11.6 Å². The van der Waals surface area contributed by atoms with Crippen molar-refractivity contribution in [3.63, 3.8) is 0 Å². The fraction of sp³-hybridized carbons (Fsp3) is 0.409. The van der Waals surface area contributed by atoms with Gasteiger partial charge in [0.15, 0.2) is 0 Å².